The molecule has 3 nitrogen and oxygen atoms in total. The third kappa shape index (κ3) is 2.74. The normalized spacial score (nSPS) is 10.4. The Labute approximate surface area is 106 Å². The molecule has 0 saturated carbocycles. The molecule has 2 aromatic carbocycles. The maximum Gasteiger partial charge on any atom is 0.181 e. The molecular weight excluding hydrogens is 226 g/mol. The van der Waals surface area contributed by atoms with Crippen molar-refractivity contribution >= 4 is 0 Å². The van der Waals surface area contributed by atoms with Gasteiger partial charge < -0.3 is 4.84 Å². The van der Waals surface area contributed by atoms with Gasteiger partial charge in [0.15, 0.2) is 11.4 Å². The molecular formula is C15H15NO2. The van der Waals surface area contributed by atoms with E-state index in [4.69, 9.17) is 4.84 Å². The molecule has 0 bridgehead atoms. The second-order valence-electron chi connectivity index (χ2n) is 4.38. The largest absolute Gasteiger partial charge is 0.351 e. The topological polar surface area (TPSA) is 38.7 Å². The van der Waals surface area contributed by atoms with Gasteiger partial charge in [-0.05, 0) is 25.0 Å². The van der Waals surface area contributed by atoms with Gasteiger partial charge in [-0.3, -0.25) is 0 Å². The summed E-state index contributed by atoms with van der Waals surface area (Å²) < 4.78 is 0. The Kier molecular flexibility index (Phi) is 3.72. The van der Waals surface area contributed by atoms with Gasteiger partial charge in [-0.2, -0.15) is 0 Å². The van der Waals surface area contributed by atoms with E-state index in [0.717, 1.165) is 11.1 Å². The van der Waals surface area contributed by atoms with Gasteiger partial charge in [-0.1, -0.05) is 59.7 Å². The lowest BCUT2D eigenvalue weighted by Crippen LogP contribution is -2.02. The predicted octanol–water partition coefficient (Wildman–Crippen LogP) is 4.09. The molecule has 0 fully saturated rings. The third-order valence-corrected chi connectivity index (χ3v) is 2.91. The molecule has 0 heterocycles. The summed E-state index contributed by atoms with van der Waals surface area (Å²) in [6, 6.07) is 15.8. The second kappa shape index (κ2) is 5.45. The zero-order chi connectivity index (χ0) is 13.0. The van der Waals surface area contributed by atoms with Crippen molar-refractivity contribution in [1.29, 1.82) is 0 Å². The first-order valence-electron chi connectivity index (χ1n) is 5.82. The van der Waals surface area contributed by atoms with Crippen LogP contribution in [0.1, 0.15) is 28.4 Å². The van der Waals surface area contributed by atoms with Crippen LogP contribution in [0.3, 0.4) is 0 Å². The van der Waals surface area contributed by atoms with Gasteiger partial charge >= 0.3 is 0 Å². The quantitative estimate of drug-likeness (QED) is 0.597. The molecule has 0 amide bonds. The van der Waals surface area contributed by atoms with Crippen molar-refractivity contribution in [2.75, 3.05) is 0 Å². The first-order valence-corrected chi connectivity index (χ1v) is 5.82. The summed E-state index contributed by atoms with van der Waals surface area (Å²) in [4.78, 5) is 15.4. The van der Waals surface area contributed by atoms with Crippen LogP contribution in [0.25, 0.3) is 0 Å². The van der Waals surface area contributed by atoms with E-state index in [-0.39, 0.29) is 0 Å². The Bertz CT molecular complexity index is 472. The van der Waals surface area contributed by atoms with Gasteiger partial charge in [0.05, 0.1) is 0 Å². The minimum atomic E-state index is -0.441. The highest BCUT2D eigenvalue weighted by atomic mass is 16.7. The van der Waals surface area contributed by atoms with E-state index in [1.165, 1.54) is 11.1 Å². The molecule has 0 aliphatic heterocycles. The maximum absolute atomic E-state index is 10.4. The molecule has 0 spiro atoms. The molecule has 0 saturated heterocycles. The molecule has 0 atom stereocenters. The fraction of sp³-hybridized carbons (Fsp3) is 0.200. The van der Waals surface area contributed by atoms with Gasteiger partial charge in [-0.15, -0.1) is 4.91 Å². The molecule has 2 rings (SSSR count). The summed E-state index contributed by atoms with van der Waals surface area (Å²) >= 11 is 0. The van der Waals surface area contributed by atoms with Crippen LogP contribution in [0.4, 0.5) is 0 Å². The van der Waals surface area contributed by atoms with Gasteiger partial charge in [0, 0.05) is 0 Å². The second-order valence-corrected chi connectivity index (χ2v) is 4.38. The van der Waals surface area contributed by atoms with Crippen LogP contribution in [0.2, 0.25) is 0 Å². The highest BCUT2D eigenvalue weighted by Crippen LogP contribution is 2.26. The van der Waals surface area contributed by atoms with E-state index in [0.29, 0.717) is 0 Å². The monoisotopic (exact) mass is 241 g/mol. The van der Waals surface area contributed by atoms with Crippen LogP contribution >= 0.6 is 0 Å². The Balaban J connectivity index is 2.35. The Morgan fingerprint density at radius 3 is 1.56 bits per heavy atom. The minimum absolute atomic E-state index is 0.441. The van der Waals surface area contributed by atoms with Crippen LogP contribution in [-0.2, 0) is 4.84 Å². The zero-order valence-corrected chi connectivity index (χ0v) is 10.5. The average Bonchev–Trinajstić information content (AvgIpc) is 2.39. The van der Waals surface area contributed by atoms with Crippen molar-refractivity contribution in [3.05, 3.63) is 75.7 Å². The van der Waals surface area contributed by atoms with E-state index in [1.807, 2.05) is 62.4 Å². The summed E-state index contributed by atoms with van der Waals surface area (Å²) in [6.45, 7) is 4.03. The van der Waals surface area contributed by atoms with Gasteiger partial charge in [0.25, 0.3) is 0 Å². The molecule has 92 valence electrons. The maximum atomic E-state index is 10.4. The lowest BCUT2D eigenvalue weighted by Gasteiger charge is -2.14. The minimum Gasteiger partial charge on any atom is -0.351 e. The van der Waals surface area contributed by atoms with Gasteiger partial charge in [0.2, 0.25) is 0 Å². The van der Waals surface area contributed by atoms with Crippen molar-refractivity contribution in [1.82, 2.24) is 0 Å². The zero-order valence-electron chi connectivity index (χ0n) is 10.5. The predicted molar refractivity (Wildman–Crippen MR) is 71.1 cm³/mol. The van der Waals surface area contributed by atoms with E-state index in [2.05, 4.69) is 5.34 Å². The van der Waals surface area contributed by atoms with E-state index >= 15 is 0 Å². The first-order chi connectivity index (χ1) is 8.70. The number of rotatable bonds is 4. The van der Waals surface area contributed by atoms with Crippen LogP contribution in [0.15, 0.2) is 53.9 Å². The lowest BCUT2D eigenvalue weighted by molar-refractivity contribution is 0.0832. The number of hydrogen-bond acceptors (Lipinski definition) is 3. The van der Waals surface area contributed by atoms with Crippen molar-refractivity contribution < 1.29 is 4.84 Å². The van der Waals surface area contributed by atoms with Crippen molar-refractivity contribution in [2.24, 2.45) is 5.34 Å². The summed E-state index contributed by atoms with van der Waals surface area (Å²) in [6.07, 6.45) is -0.441. The molecule has 0 aromatic heterocycles. The molecule has 0 N–H and O–H groups in total. The smallest absolute Gasteiger partial charge is 0.181 e. The van der Waals surface area contributed by atoms with E-state index in [9.17, 15) is 4.91 Å². The summed E-state index contributed by atoms with van der Waals surface area (Å²) in [5.74, 6) is 0. The van der Waals surface area contributed by atoms with Crippen LogP contribution in [0, 0.1) is 18.8 Å². The molecule has 3 heteroatoms. The lowest BCUT2D eigenvalue weighted by atomic mass is 10.00. The van der Waals surface area contributed by atoms with E-state index < -0.39 is 6.10 Å². The van der Waals surface area contributed by atoms with Crippen LogP contribution < -0.4 is 0 Å². The standard InChI is InChI=1S/C15H15NO2/c1-11-3-7-13(8-4-11)15(18-16-17)14-9-5-12(2)6-10-14/h3-10,15H,1-2H3. The third-order valence-electron chi connectivity index (χ3n) is 2.91. The molecule has 0 aliphatic carbocycles. The van der Waals surface area contributed by atoms with Gasteiger partial charge in [-0.25, -0.2) is 0 Å². The highest BCUT2D eigenvalue weighted by molar-refractivity contribution is 5.33. The number of nitrogens with zero attached hydrogens (tertiary/aromatic N) is 1. The van der Waals surface area contributed by atoms with Crippen molar-refractivity contribution in [3.8, 4) is 0 Å². The molecule has 2 aromatic rings. The highest BCUT2D eigenvalue weighted by Gasteiger charge is 2.16. The summed E-state index contributed by atoms with van der Waals surface area (Å²) in [7, 11) is 0. The molecule has 0 aliphatic rings. The fourth-order valence-electron chi connectivity index (χ4n) is 1.84. The first kappa shape index (κ1) is 12.3. The number of aryl methyl sites for hydroxylation is 2. The average molecular weight is 241 g/mol. The van der Waals surface area contributed by atoms with Crippen molar-refractivity contribution in [3.63, 3.8) is 0 Å². The van der Waals surface area contributed by atoms with Crippen LogP contribution in [0.5, 0.6) is 0 Å². The van der Waals surface area contributed by atoms with Crippen molar-refractivity contribution in [2.45, 2.75) is 20.0 Å². The Hall–Kier alpha value is -2.16. The molecule has 0 radical (unpaired) electrons. The van der Waals surface area contributed by atoms with Gasteiger partial charge in [0.1, 0.15) is 0 Å². The Morgan fingerprint density at radius 2 is 1.22 bits per heavy atom. The molecule has 18 heavy (non-hydrogen) atoms. The van der Waals surface area contributed by atoms with E-state index in [1.54, 1.807) is 0 Å². The Morgan fingerprint density at radius 1 is 0.833 bits per heavy atom. The SMILES string of the molecule is Cc1ccc(C(ON=O)c2ccc(C)cc2)cc1. The number of hydrogen-bond donors (Lipinski definition) is 0. The number of benzene rings is 2. The fourth-order valence-corrected chi connectivity index (χ4v) is 1.84. The summed E-state index contributed by atoms with van der Waals surface area (Å²) in [5.41, 5.74) is 4.18. The van der Waals surface area contributed by atoms with Crippen LogP contribution in [-0.4, -0.2) is 0 Å². The molecule has 0 unspecified atom stereocenters. The summed E-state index contributed by atoms with van der Waals surface area (Å²) in [5, 5.41) is 2.58.